The van der Waals surface area contributed by atoms with E-state index in [0.717, 1.165) is 51.4 Å². The summed E-state index contributed by atoms with van der Waals surface area (Å²) in [5.74, 6) is -0.0617. The van der Waals surface area contributed by atoms with Crippen LogP contribution in [0, 0.1) is 0 Å². The van der Waals surface area contributed by atoms with E-state index in [9.17, 15) is 19.8 Å². The predicted octanol–water partition coefficient (Wildman–Crippen LogP) is 13.0. The topological polar surface area (TPSA) is 95.9 Å². The summed E-state index contributed by atoms with van der Waals surface area (Å²) in [4.78, 5) is 24.3. The van der Waals surface area contributed by atoms with Crippen LogP contribution >= 0.6 is 0 Å². The van der Waals surface area contributed by atoms with E-state index in [1.165, 1.54) is 161 Å². The Kier molecular flexibility index (Phi) is 41.2. The van der Waals surface area contributed by atoms with Gasteiger partial charge >= 0.3 is 5.97 Å². The standard InChI is InChI=1S/C46H89NO5/c1-3-5-7-9-11-13-19-24-28-32-36-40-46(51)52-41-37-33-29-25-21-18-16-15-17-20-23-27-31-35-39-45(50)47-43(42-48)44(49)38-34-30-26-22-14-12-10-8-6-4-2/h9,11,43-44,48-49H,3-8,10,12-42H2,1-2H3,(H,47,50)/b11-9-. The summed E-state index contributed by atoms with van der Waals surface area (Å²) in [5.41, 5.74) is 0. The Morgan fingerprint density at radius 1 is 0.519 bits per heavy atom. The number of amides is 1. The number of carbonyl (C=O) groups is 2. The minimum atomic E-state index is -0.668. The van der Waals surface area contributed by atoms with Crippen molar-refractivity contribution in [1.82, 2.24) is 5.32 Å². The summed E-state index contributed by atoms with van der Waals surface area (Å²) >= 11 is 0. The number of nitrogens with one attached hydrogen (secondary N) is 1. The van der Waals surface area contributed by atoms with Crippen LogP contribution in [0.1, 0.15) is 245 Å². The van der Waals surface area contributed by atoms with Gasteiger partial charge in [-0.1, -0.05) is 199 Å². The molecule has 0 aromatic heterocycles. The predicted molar refractivity (Wildman–Crippen MR) is 223 cm³/mol. The summed E-state index contributed by atoms with van der Waals surface area (Å²) in [6.07, 6.45) is 45.9. The third kappa shape index (κ3) is 38.3. The molecule has 308 valence electrons. The van der Waals surface area contributed by atoms with Gasteiger partial charge in [-0.2, -0.15) is 0 Å². The molecule has 0 aliphatic carbocycles. The fraction of sp³-hybridized carbons (Fsp3) is 0.913. The van der Waals surface area contributed by atoms with E-state index in [1.54, 1.807) is 0 Å². The highest BCUT2D eigenvalue weighted by atomic mass is 16.5. The van der Waals surface area contributed by atoms with Crippen molar-refractivity contribution in [3.63, 3.8) is 0 Å². The number of aliphatic hydroxyl groups excluding tert-OH is 2. The quantitative estimate of drug-likeness (QED) is 0.0329. The lowest BCUT2D eigenvalue weighted by Crippen LogP contribution is -2.45. The molecule has 52 heavy (non-hydrogen) atoms. The lowest BCUT2D eigenvalue weighted by atomic mass is 10.0. The molecule has 0 aromatic carbocycles. The van der Waals surface area contributed by atoms with E-state index in [4.69, 9.17) is 4.74 Å². The molecule has 0 aliphatic rings. The average molecular weight is 736 g/mol. The summed E-state index contributed by atoms with van der Waals surface area (Å²) < 4.78 is 5.43. The van der Waals surface area contributed by atoms with Gasteiger partial charge in [0.2, 0.25) is 5.91 Å². The monoisotopic (exact) mass is 736 g/mol. The molecule has 2 atom stereocenters. The Hall–Kier alpha value is -1.40. The molecule has 0 radical (unpaired) electrons. The SMILES string of the molecule is CCCC/C=C\CCCCCCCC(=O)OCCCCCCCCCCCCCCCCC(=O)NC(CO)C(O)CCCCCCCCCCCC. The third-order valence-corrected chi connectivity index (χ3v) is 10.6. The maximum Gasteiger partial charge on any atom is 0.305 e. The molecule has 0 aromatic rings. The number of hydrogen-bond donors (Lipinski definition) is 3. The van der Waals surface area contributed by atoms with Gasteiger partial charge < -0.3 is 20.3 Å². The van der Waals surface area contributed by atoms with Gasteiger partial charge in [-0.3, -0.25) is 9.59 Å². The van der Waals surface area contributed by atoms with Crippen molar-refractivity contribution < 1.29 is 24.5 Å². The fourth-order valence-corrected chi connectivity index (χ4v) is 6.97. The van der Waals surface area contributed by atoms with Crippen LogP contribution in [0.25, 0.3) is 0 Å². The molecule has 0 bridgehead atoms. The molecule has 2 unspecified atom stereocenters. The molecule has 0 heterocycles. The number of ether oxygens (including phenoxy) is 1. The average Bonchev–Trinajstić information content (AvgIpc) is 3.14. The Balaban J connectivity index is 3.44. The van der Waals surface area contributed by atoms with Crippen LogP contribution in [0.4, 0.5) is 0 Å². The van der Waals surface area contributed by atoms with Crippen molar-refractivity contribution in [3.05, 3.63) is 12.2 Å². The van der Waals surface area contributed by atoms with Gasteiger partial charge in [-0.05, 0) is 44.9 Å². The van der Waals surface area contributed by atoms with Crippen LogP contribution in [0.2, 0.25) is 0 Å². The van der Waals surface area contributed by atoms with Crippen LogP contribution in [0.15, 0.2) is 12.2 Å². The van der Waals surface area contributed by atoms with Crippen LogP contribution in [0.5, 0.6) is 0 Å². The van der Waals surface area contributed by atoms with Gasteiger partial charge in [-0.15, -0.1) is 0 Å². The number of carbonyl (C=O) groups excluding carboxylic acids is 2. The van der Waals surface area contributed by atoms with E-state index >= 15 is 0 Å². The van der Waals surface area contributed by atoms with Crippen molar-refractivity contribution in [2.24, 2.45) is 0 Å². The molecule has 3 N–H and O–H groups in total. The van der Waals surface area contributed by atoms with Gasteiger partial charge in [0.05, 0.1) is 25.4 Å². The zero-order valence-electron chi connectivity index (χ0n) is 34.8. The summed E-state index contributed by atoms with van der Waals surface area (Å²) in [5, 5.41) is 23.1. The van der Waals surface area contributed by atoms with Crippen LogP contribution in [-0.4, -0.2) is 47.4 Å². The van der Waals surface area contributed by atoms with Gasteiger partial charge in [0.15, 0.2) is 0 Å². The number of aliphatic hydroxyl groups is 2. The molecular weight excluding hydrogens is 647 g/mol. The molecular formula is C46H89NO5. The van der Waals surface area contributed by atoms with Gasteiger partial charge in [0, 0.05) is 12.8 Å². The number of rotatable bonds is 42. The molecule has 0 rings (SSSR count). The summed E-state index contributed by atoms with van der Waals surface area (Å²) in [6.45, 7) is 4.87. The first kappa shape index (κ1) is 50.6. The second-order valence-electron chi connectivity index (χ2n) is 15.7. The number of unbranched alkanes of at least 4 members (excludes halogenated alkanes) is 29. The Labute approximate surface area is 323 Å². The molecule has 0 fully saturated rings. The lowest BCUT2D eigenvalue weighted by molar-refractivity contribution is -0.143. The molecule has 0 saturated carbocycles. The zero-order valence-corrected chi connectivity index (χ0v) is 34.8. The minimum Gasteiger partial charge on any atom is -0.466 e. The van der Waals surface area contributed by atoms with E-state index in [2.05, 4.69) is 31.3 Å². The van der Waals surface area contributed by atoms with E-state index < -0.39 is 12.1 Å². The largest absolute Gasteiger partial charge is 0.466 e. The smallest absolute Gasteiger partial charge is 0.305 e. The number of hydrogen-bond acceptors (Lipinski definition) is 5. The first-order valence-electron chi connectivity index (χ1n) is 22.9. The van der Waals surface area contributed by atoms with Gasteiger partial charge in [-0.25, -0.2) is 0 Å². The highest BCUT2D eigenvalue weighted by molar-refractivity contribution is 5.76. The van der Waals surface area contributed by atoms with Crippen molar-refractivity contribution in [2.75, 3.05) is 13.2 Å². The summed E-state index contributed by atoms with van der Waals surface area (Å²) in [6, 6.07) is -0.546. The van der Waals surface area contributed by atoms with Crippen molar-refractivity contribution in [1.29, 1.82) is 0 Å². The van der Waals surface area contributed by atoms with Crippen molar-refractivity contribution in [3.8, 4) is 0 Å². The van der Waals surface area contributed by atoms with E-state index in [1.807, 2.05) is 0 Å². The molecule has 1 amide bonds. The third-order valence-electron chi connectivity index (χ3n) is 10.6. The van der Waals surface area contributed by atoms with E-state index in [0.29, 0.717) is 25.9 Å². The highest BCUT2D eigenvalue weighted by Gasteiger charge is 2.20. The van der Waals surface area contributed by atoms with Crippen LogP contribution in [0.3, 0.4) is 0 Å². The molecule has 0 saturated heterocycles. The second kappa shape index (κ2) is 42.3. The van der Waals surface area contributed by atoms with Crippen LogP contribution < -0.4 is 5.32 Å². The lowest BCUT2D eigenvalue weighted by Gasteiger charge is -2.22. The second-order valence-corrected chi connectivity index (χ2v) is 15.7. The Morgan fingerprint density at radius 2 is 0.923 bits per heavy atom. The number of esters is 1. The van der Waals surface area contributed by atoms with Crippen molar-refractivity contribution >= 4 is 11.9 Å². The van der Waals surface area contributed by atoms with Crippen molar-refractivity contribution in [2.45, 2.75) is 257 Å². The normalized spacial score (nSPS) is 12.8. The van der Waals surface area contributed by atoms with E-state index in [-0.39, 0.29) is 18.5 Å². The molecule has 0 spiro atoms. The summed E-state index contributed by atoms with van der Waals surface area (Å²) in [7, 11) is 0. The number of allylic oxidation sites excluding steroid dienone is 2. The van der Waals surface area contributed by atoms with Gasteiger partial charge in [0.25, 0.3) is 0 Å². The Bertz CT molecular complexity index is 772. The molecule has 6 heteroatoms. The maximum absolute atomic E-state index is 12.4. The highest BCUT2D eigenvalue weighted by Crippen LogP contribution is 2.16. The van der Waals surface area contributed by atoms with Crippen LogP contribution in [-0.2, 0) is 14.3 Å². The molecule has 6 nitrogen and oxygen atoms in total. The zero-order chi connectivity index (χ0) is 38.0. The van der Waals surface area contributed by atoms with Gasteiger partial charge in [0.1, 0.15) is 0 Å². The maximum atomic E-state index is 12.4. The first-order chi connectivity index (χ1) is 25.5. The fourth-order valence-electron chi connectivity index (χ4n) is 6.97. The minimum absolute atomic E-state index is 0.0138. The molecule has 0 aliphatic heterocycles. The Morgan fingerprint density at radius 3 is 1.42 bits per heavy atom. The first-order valence-corrected chi connectivity index (χ1v) is 22.9.